The van der Waals surface area contributed by atoms with Gasteiger partial charge in [0.1, 0.15) is 0 Å². The molecule has 1 saturated heterocycles. The second-order valence-electron chi connectivity index (χ2n) is 3.35. The summed E-state index contributed by atoms with van der Waals surface area (Å²) in [5, 5.41) is 9.93. The molecule has 1 fully saturated rings. The van der Waals surface area contributed by atoms with E-state index in [2.05, 4.69) is 15.5 Å². The number of aromatic nitrogens is 2. The van der Waals surface area contributed by atoms with Crippen LogP contribution in [0.2, 0.25) is 5.15 Å². The molecule has 2 heterocycles. The maximum atomic E-state index is 12.0. The van der Waals surface area contributed by atoms with E-state index in [4.69, 9.17) is 11.6 Å². The Morgan fingerprint density at radius 2 is 2.12 bits per heavy atom. The number of hydrogen-bond acceptors (Lipinski definition) is 5. The van der Waals surface area contributed by atoms with Crippen molar-refractivity contribution in [3.63, 3.8) is 0 Å². The molecule has 8 heteroatoms. The molecule has 0 aliphatic carbocycles. The second-order valence-corrected chi connectivity index (χ2v) is 5.92. The molecule has 0 spiro atoms. The molecule has 0 bridgehead atoms. The summed E-state index contributed by atoms with van der Waals surface area (Å²) in [6.07, 6.45) is 0.618. The zero-order valence-electron chi connectivity index (χ0n) is 8.26. The fourth-order valence-corrected chi connectivity index (χ4v) is 3.14. The summed E-state index contributed by atoms with van der Waals surface area (Å²) in [4.78, 5) is 0. The minimum Gasteiger partial charge on any atom is -0.315 e. The van der Waals surface area contributed by atoms with Crippen molar-refractivity contribution >= 4 is 33.8 Å². The van der Waals surface area contributed by atoms with Crippen LogP contribution in [0.3, 0.4) is 0 Å². The van der Waals surface area contributed by atoms with Crippen LogP contribution in [0.5, 0.6) is 0 Å². The Kier molecular flexibility index (Phi) is 4.49. The van der Waals surface area contributed by atoms with E-state index in [-0.39, 0.29) is 22.6 Å². The molecule has 16 heavy (non-hydrogen) atoms. The smallest absolute Gasteiger partial charge is 0.201 e. The van der Waals surface area contributed by atoms with Gasteiger partial charge in [-0.3, -0.25) is 0 Å². The summed E-state index contributed by atoms with van der Waals surface area (Å²) < 4.78 is 23.9. The fraction of sp³-hybridized carbons (Fsp3) is 0.500. The minimum atomic E-state index is -3.35. The van der Waals surface area contributed by atoms with Crippen LogP contribution in [0.15, 0.2) is 17.2 Å². The van der Waals surface area contributed by atoms with Crippen LogP contribution in [-0.4, -0.2) is 37.0 Å². The summed E-state index contributed by atoms with van der Waals surface area (Å²) in [5.74, 6) is 0. The van der Waals surface area contributed by atoms with E-state index >= 15 is 0 Å². The van der Waals surface area contributed by atoms with Gasteiger partial charge in [-0.25, -0.2) is 8.42 Å². The highest BCUT2D eigenvalue weighted by atomic mass is 35.5. The lowest BCUT2D eigenvalue weighted by Crippen LogP contribution is -2.24. The van der Waals surface area contributed by atoms with E-state index in [0.717, 1.165) is 6.54 Å². The molecule has 2 rings (SSSR count). The summed E-state index contributed by atoms with van der Waals surface area (Å²) in [5.41, 5.74) is 0. The second kappa shape index (κ2) is 5.27. The molecule has 0 amide bonds. The molecule has 1 N–H and O–H groups in total. The SMILES string of the molecule is Cl.O=S(=O)(c1ccc(Cl)nn1)C1CCNC1. The van der Waals surface area contributed by atoms with Crippen molar-refractivity contribution in [3.05, 3.63) is 17.3 Å². The molecule has 1 aliphatic rings. The first-order valence-corrected chi connectivity index (χ1v) is 6.47. The topological polar surface area (TPSA) is 72.0 Å². The number of rotatable bonds is 2. The molecule has 1 unspecified atom stereocenters. The number of halogens is 2. The molecule has 0 saturated carbocycles. The average molecular weight is 284 g/mol. The standard InChI is InChI=1S/C8H10ClN3O2S.ClH/c9-7-1-2-8(12-11-7)15(13,14)6-3-4-10-5-6;/h1-2,6,10H,3-5H2;1H. The van der Waals surface area contributed by atoms with Crippen LogP contribution >= 0.6 is 24.0 Å². The lowest BCUT2D eigenvalue weighted by molar-refractivity contribution is 0.577. The van der Waals surface area contributed by atoms with Crippen molar-refractivity contribution in [1.82, 2.24) is 15.5 Å². The maximum absolute atomic E-state index is 12.0. The Morgan fingerprint density at radius 3 is 2.62 bits per heavy atom. The highest BCUT2D eigenvalue weighted by molar-refractivity contribution is 7.92. The molecule has 1 aliphatic heterocycles. The van der Waals surface area contributed by atoms with Crippen LogP contribution in [0.25, 0.3) is 0 Å². The zero-order chi connectivity index (χ0) is 10.9. The third kappa shape index (κ3) is 2.63. The van der Waals surface area contributed by atoms with E-state index in [1.165, 1.54) is 12.1 Å². The van der Waals surface area contributed by atoms with Crippen LogP contribution in [0.1, 0.15) is 6.42 Å². The normalized spacial score (nSPS) is 20.4. The predicted octanol–water partition coefficient (Wildman–Crippen LogP) is 0.687. The molecular weight excluding hydrogens is 273 g/mol. The van der Waals surface area contributed by atoms with Crippen LogP contribution < -0.4 is 5.32 Å². The van der Waals surface area contributed by atoms with Crippen molar-refractivity contribution < 1.29 is 8.42 Å². The first-order chi connectivity index (χ1) is 7.10. The van der Waals surface area contributed by atoms with Gasteiger partial charge < -0.3 is 5.32 Å². The van der Waals surface area contributed by atoms with Gasteiger partial charge in [0, 0.05) is 6.54 Å². The first-order valence-electron chi connectivity index (χ1n) is 4.54. The zero-order valence-corrected chi connectivity index (χ0v) is 10.6. The van der Waals surface area contributed by atoms with E-state index in [1.54, 1.807) is 0 Å². The van der Waals surface area contributed by atoms with Crippen molar-refractivity contribution in [2.45, 2.75) is 16.7 Å². The summed E-state index contributed by atoms with van der Waals surface area (Å²) in [6, 6.07) is 2.83. The molecule has 1 atom stereocenters. The summed E-state index contributed by atoms with van der Waals surface area (Å²) in [6.45, 7) is 1.21. The van der Waals surface area contributed by atoms with Crippen molar-refractivity contribution in [2.24, 2.45) is 0 Å². The predicted molar refractivity (Wildman–Crippen MR) is 62.8 cm³/mol. The van der Waals surface area contributed by atoms with Crippen molar-refractivity contribution in [3.8, 4) is 0 Å². The Hall–Kier alpha value is -0.430. The lowest BCUT2D eigenvalue weighted by atomic mass is 10.4. The van der Waals surface area contributed by atoms with Crippen molar-refractivity contribution in [1.29, 1.82) is 0 Å². The quantitative estimate of drug-likeness (QED) is 0.865. The highest BCUT2D eigenvalue weighted by Gasteiger charge is 2.31. The van der Waals surface area contributed by atoms with E-state index in [1.807, 2.05) is 0 Å². The Labute approximate surface area is 105 Å². The van der Waals surface area contributed by atoms with Crippen LogP contribution in [-0.2, 0) is 9.84 Å². The third-order valence-corrected chi connectivity index (χ3v) is 4.64. The molecule has 90 valence electrons. The minimum absolute atomic E-state index is 0. The summed E-state index contributed by atoms with van der Waals surface area (Å²) >= 11 is 5.54. The van der Waals surface area contributed by atoms with E-state index in [9.17, 15) is 8.42 Å². The Morgan fingerprint density at radius 1 is 1.38 bits per heavy atom. The highest BCUT2D eigenvalue weighted by Crippen LogP contribution is 2.18. The Bertz CT molecular complexity index is 443. The third-order valence-electron chi connectivity index (χ3n) is 2.35. The molecule has 1 aromatic heterocycles. The fourth-order valence-electron chi connectivity index (χ4n) is 1.52. The van der Waals surface area contributed by atoms with Gasteiger partial charge in [-0.2, -0.15) is 0 Å². The first kappa shape index (κ1) is 13.6. The largest absolute Gasteiger partial charge is 0.315 e. The van der Waals surface area contributed by atoms with Gasteiger partial charge in [-0.05, 0) is 25.1 Å². The lowest BCUT2D eigenvalue weighted by Gasteiger charge is -2.08. The van der Waals surface area contributed by atoms with Gasteiger partial charge in [0.15, 0.2) is 10.2 Å². The van der Waals surface area contributed by atoms with Crippen LogP contribution in [0, 0.1) is 0 Å². The van der Waals surface area contributed by atoms with Gasteiger partial charge >= 0.3 is 0 Å². The monoisotopic (exact) mass is 283 g/mol. The molecular formula is C8H11Cl2N3O2S. The number of nitrogens with zero attached hydrogens (tertiary/aromatic N) is 2. The van der Waals surface area contributed by atoms with Gasteiger partial charge in [-0.1, -0.05) is 11.6 Å². The molecule has 1 aromatic rings. The van der Waals surface area contributed by atoms with Crippen LogP contribution in [0.4, 0.5) is 0 Å². The van der Waals surface area contributed by atoms with Gasteiger partial charge in [0.25, 0.3) is 0 Å². The van der Waals surface area contributed by atoms with Gasteiger partial charge in [0.05, 0.1) is 5.25 Å². The van der Waals surface area contributed by atoms with Crippen molar-refractivity contribution in [2.75, 3.05) is 13.1 Å². The van der Waals surface area contributed by atoms with E-state index in [0.29, 0.717) is 13.0 Å². The molecule has 0 radical (unpaired) electrons. The van der Waals surface area contributed by atoms with Gasteiger partial charge in [0.2, 0.25) is 9.84 Å². The number of sulfone groups is 1. The van der Waals surface area contributed by atoms with Gasteiger partial charge in [-0.15, -0.1) is 22.6 Å². The number of hydrogen-bond donors (Lipinski definition) is 1. The van der Waals surface area contributed by atoms with E-state index < -0.39 is 15.1 Å². The molecule has 5 nitrogen and oxygen atoms in total. The summed E-state index contributed by atoms with van der Waals surface area (Å²) in [7, 11) is -3.35. The maximum Gasteiger partial charge on any atom is 0.201 e. The molecule has 0 aromatic carbocycles. The Balaban J connectivity index is 0.00000128. The number of nitrogens with one attached hydrogen (secondary N) is 1. The average Bonchev–Trinajstić information content (AvgIpc) is 2.71.